The minimum atomic E-state index is 0.453. The SMILES string of the molecule is CC(C)Cc1ccc(NCCC2COCCN2)nn1. The van der Waals surface area contributed by atoms with E-state index in [1.165, 1.54) is 0 Å². The van der Waals surface area contributed by atoms with Gasteiger partial charge in [-0.15, -0.1) is 5.10 Å². The van der Waals surface area contributed by atoms with E-state index in [1.54, 1.807) is 0 Å². The number of nitrogens with zero attached hydrogens (tertiary/aromatic N) is 2. The van der Waals surface area contributed by atoms with Crippen LogP contribution in [0, 0.1) is 5.92 Å². The van der Waals surface area contributed by atoms with E-state index in [2.05, 4.69) is 40.7 Å². The second-order valence-electron chi connectivity index (χ2n) is 5.45. The predicted octanol–water partition coefficient (Wildman–Crippen LogP) is 1.47. The van der Waals surface area contributed by atoms with Gasteiger partial charge in [-0.05, 0) is 30.9 Å². The zero-order valence-corrected chi connectivity index (χ0v) is 11.9. The summed E-state index contributed by atoms with van der Waals surface area (Å²) >= 11 is 0. The Morgan fingerprint density at radius 3 is 2.95 bits per heavy atom. The summed E-state index contributed by atoms with van der Waals surface area (Å²) in [6.07, 6.45) is 2.02. The maximum Gasteiger partial charge on any atom is 0.148 e. The lowest BCUT2D eigenvalue weighted by Gasteiger charge is -2.23. The largest absolute Gasteiger partial charge is 0.379 e. The molecule has 5 nitrogen and oxygen atoms in total. The molecular weight excluding hydrogens is 240 g/mol. The highest BCUT2D eigenvalue weighted by Gasteiger charge is 2.12. The van der Waals surface area contributed by atoms with Crippen molar-refractivity contribution in [3.05, 3.63) is 17.8 Å². The van der Waals surface area contributed by atoms with Crippen molar-refractivity contribution in [2.24, 2.45) is 5.92 Å². The van der Waals surface area contributed by atoms with Gasteiger partial charge in [0.15, 0.2) is 0 Å². The van der Waals surface area contributed by atoms with Crippen molar-refractivity contribution in [1.29, 1.82) is 0 Å². The van der Waals surface area contributed by atoms with Gasteiger partial charge in [-0.3, -0.25) is 0 Å². The molecule has 0 radical (unpaired) electrons. The van der Waals surface area contributed by atoms with Crippen molar-refractivity contribution in [1.82, 2.24) is 15.5 Å². The van der Waals surface area contributed by atoms with Crippen molar-refractivity contribution in [3.8, 4) is 0 Å². The number of aromatic nitrogens is 2. The molecule has 0 saturated carbocycles. The van der Waals surface area contributed by atoms with E-state index in [9.17, 15) is 0 Å². The molecule has 1 saturated heterocycles. The molecule has 19 heavy (non-hydrogen) atoms. The van der Waals surface area contributed by atoms with Gasteiger partial charge < -0.3 is 15.4 Å². The molecule has 1 aliphatic heterocycles. The third-order valence-corrected chi connectivity index (χ3v) is 3.13. The summed E-state index contributed by atoms with van der Waals surface area (Å²) in [4.78, 5) is 0. The molecule has 2 heterocycles. The van der Waals surface area contributed by atoms with Gasteiger partial charge in [-0.1, -0.05) is 13.8 Å². The van der Waals surface area contributed by atoms with Gasteiger partial charge in [0.05, 0.1) is 18.9 Å². The van der Waals surface area contributed by atoms with Crippen molar-refractivity contribution in [2.75, 3.05) is 31.6 Å². The number of hydrogen-bond donors (Lipinski definition) is 2. The first-order valence-corrected chi connectivity index (χ1v) is 7.11. The molecule has 0 aromatic carbocycles. The van der Waals surface area contributed by atoms with Crippen LogP contribution in [0.1, 0.15) is 26.0 Å². The topological polar surface area (TPSA) is 59.1 Å². The van der Waals surface area contributed by atoms with E-state index in [4.69, 9.17) is 4.74 Å². The van der Waals surface area contributed by atoms with Crippen LogP contribution in [0.4, 0.5) is 5.82 Å². The normalized spacial score (nSPS) is 19.6. The average molecular weight is 264 g/mol. The number of nitrogens with one attached hydrogen (secondary N) is 2. The van der Waals surface area contributed by atoms with Crippen molar-refractivity contribution in [2.45, 2.75) is 32.7 Å². The Balaban J connectivity index is 1.70. The minimum Gasteiger partial charge on any atom is -0.379 e. The lowest BCUT2D eigenvalue weighted by atomic mass is 10.1. The summed E-state index contributed by atoms with van der Waals surface area (Å²) in [6.45, 7) is 7.85. The smallest absolute Gasteiger partial charge is 0.148 e. The fraction of sp³-hybridized carbons (Fsp3) is 0.714. The molecule has 106 valence electrons. The summed E-state index contributed by atoms with van der Waals surface area (Å²) in [6, 6.07) is 4.52. The van der Waals surface area contributed by atoms with Crippen LogP contribution in [0.25, 0.3) is 0 Å². The van der Waals surface area contributed by atoms with Gasteiger partial charge in [0, 0.05) is 19.1 Å². The summed E-state index contributed by atoms with van der Waals surface area (Å²) in [7, 11) is 0. The second kappa shape index (κ2) is 7.40. The molecule has 1 unspecified atom stereocenters. The molecule has 2 N–H and O–H groups in total. The Hall–Kier alpha value is -1.20. The van der Waals surface area contributed by atoms with Gasteiger partial charge >= 0.3 is 0 Å². The zero-order chi connectivity index (χ0) is 13.5. The molecule has 0 spiro atoms. The Labute approximate surface area is 115 Å². The van der Waals surface area contributed by atoms with E-state index in [1.807, 2.05) is 6.07 Å². The molecule has 1 atom stereocenters. The monoisotopic (exact) mass is 264 g/mol. The Kier molecular flexibility index (Phi) is 5.54. The van der Waals surface area contributed by atoms with Crippen LogP contribution in [0.3, 0.4) is 0 Å². The third-order valence-electron chi connectivity index (χ3n) is 3.13. The van der Waals surface area contributed by atoms with E-state index >= 15 is 0 Å². The van der Waals surface area contributed by atoms with Crippen LogP contribution in [0.5, 0.6) is 0 Å². The highest BCUT2D eigenvalue weighted by Crippen LogP contribution is 2.07. The average Bonchev–Trinajstić information content (AvgIpc) is 2.41. The first kappa shape index (κ1) is 14.2. The van der Waals surface area contributed by atoms with Gasteiger partial charge in [0.25, 0.3) is 0 Å². The molecule has 2 rings (SSSR count). The van der Waals surface area contributed by atoms with Crippen LogP contribution in [-0.2, 0) is 11.2 Å². The maximum absolute atomic E-state index is 5.42. The lowest BCUT2D eigenvalue weighted by molar-refractivity contribution is 0.0753. The molecule has 0 amide bonds. The number of hydrogen-bond acceptors (Lipinski definition) is 5. The molecule has 0 bridgehead atoms. The van der Waals surface area contributed by atoms with Crippen LogP contribution in [-0.4, -0.2) is 42.5 Å². The molecule has 1 aliphatic rings. The summed E-state index contributed by atoms with van der Waals surface area (Å²) < 4.78 is 5.42. The molecule has 5 heteroatoms. The first-order chi connectivity index (χ1) is 9.24. The molecule has 0 aliphatic carbocycles. The quantitative estimate of drug-likeness (QED) is 0.814. The van der Waals surface area contributed by atoms with Crippen LogP contribution in [0.2, 0.25) is 0 Å². The number of rotatable bonds is 6. The Morgan fingerprint density at radius 2 is 2.32 bits per heavy atom. The predicted molar refractivity (Wildman–Crippen MR) is 76.3 cm³/mol. The van der Waals surface area contributed by atoms with E-state index in [0.717, 1.165) is 50.7 Å². The van der Waals surface area contributed by atoms with Gasteiger partial charge in [-0.2, -0.15) is 5.10 Å². The molecule has 1 fully saturated rings. The van der Waals surface area contributed by atoms with E-state index < -0.39 is 0 Å². The zero-order valence-electron chi connectivity index (χ0n) is 11.9. The lowest BCUT2D eigenvalue weighted by Crippen LogP contribution is -2.42. The molecule has 1 aromatic rings. The first-order valence-electron chi connectivity index (χ1n) is 7.11. The van der Waals surface area contributed by atoms with E-state index in [-0.39, 0.29) is 0 Å². The van der Waals surface area contributed by atoms with Gasteiger partial charge in [0.1, 0.15) is 5.82 Å². The van der Waals surface area contributed by atoms with Gasteiger partial charge in [-0.25, -0.2) is 0 Å². The van der Waals surface area contributed by atoms with Crippen LogP contribution < -0.4 is 10.6 Å². The van der Waals surface area contributed by atoms with Crippen molar-refractivity contribution in [3.63, 3.8) is 0 Å². The summed E-state index contributed by atoms with van der Waals surface area (Å²) in [5, 5.41) is 15.2. The highest BCUT2D eigenvalue weighted by atomic mass is 16.5. The van der Waals surface area contributed by atoms with Crippen molar-refractivity contribution < 1.29 is 4.74 Å². The minimum absolute atomic E-state index is 0.453. The number of ether oxygens (including phenoxy) is 1. The second-order valence-corrected chi connectivity index (χ2v) is 5.45. The van der Waals surface area contributed by atoms with Crippen LogP contribution in [0.15, 0.2) is 12.1 Å². The third kappa shape index (κ3) is 5.12. The standard InChI is InChI=1S/C14H24N4O/c1-11(2)9-12-3-4-14(18-17-12)16-6-5-13-10-19-8-7-15-13/h3-4,11,13,15H,5-10H2,1-2H3,(H,16,18). The maximum atomic E-state index is 5.42. The highest BCUT2D eigenvalue weighted by molar-refractivity contribution is 5.32. The van der Waals surface area contributed by atoms with E-state index in [0.29, 0.717) is 12.0 Å². The summed E-state index contributed by atoms with van der Waals surface area (Å²) in [5.41, 5.74) is 1.06. The summed E-state index contributed by atoms with van der Waals surface area (Å²) in [5.74, 6) is 1.47. The van der Waals surface area contributed by atoms with Gasteiger partial charge in [0.2, 0.25) is 0 Å². The Morgan fingerprint density at radius 1 is 1.42 bits per heavy atom. The van der Waals surface area contributed by atoms with Crippen molar-refractivity contribution >= 4 is 5.82 Å². The fourth-order valence-corrected chi connectivity index (χ4v) is 2.16. The number of morpholine rings is 1. The molecule has 1 aromatic heterocycles. The van der Waals surface area contributed by atoms with Crippen LogP contribution >= 0.6 is 0 Å². The Bertz CT molecular complexity index is 360. The fourth-order valence-electron chi connectivity index (χ4n) is 2.16. The molecular formula is C14H24N4O. The number of anilines is 1.